The van der Waals surface area contributed by atoms with E-state index in [1.54, 1.807) is 0 Å². The Bertz CT molecular complexity index is 180. The number of H-pyrrole nitrogens is 1. The number of nitrogens with zero attached hydrogens (tertiary/aromatic N) is 3. The van der Waals surface area contributed by atoms with Crippen molar-refractivity contribution in [3.8, 4) is 0 Å². The molecule has 0 unspecified atom stereocenters. The molecule has 56 valence electrons. The average Bonchev–Trinajstić information content (AvgIpc) is 2.36. The van der Waals surface area contributed by atoms with Crippen molar-refractivity contribution < 1.29 is 0 Å². The van der Waals surface area contributed by atoms with E-state index in [-0.39, 0.29) is 6.04 Å². The zero-order valence-corrected chi connectivity index (χ0v) is 6.07. The lowest BCUT2D eigenvalue weighted by molar-refractivity contribution is 0.490. The summed E-state index contributed by atoms with van der Waals surface area (Å²) in [6.45, 7) is 4.04. The number of rotatable bonds is 2. The molecule has 0 aliphatic carbocycles. The Morgan fingerprint density at radius 1 is 1.50 bits per heavy atom. The fraction of sp³-hybridized carbons (Fsp3) is 0.800. The fourth-order valence-electron chi connectivity index (χ4n) is 0.623. The van der Waals surface area contributed by atoms with Gasteiger partial charge in [0.25, 0.3) is 0 Å². The molecule has 0 saturated heterocycles. The van der Waals surface area contributed by atoms with Gasteiger partial charge in [-0.3, -0.25) is 0 Å². The molecule has 0 radical (unpaired) electrons. The molecule has 1 atom stereocenters. The zero-order valence-electron chi connectivity index (χ0n) is 6.07. The molecule has 1 rings (SSSR count). The number of aromatic amines is 1. The minimum absolute atomic E-state index is 0.0880. The van der Waals surface area contributed by atoms with E-state index in [9.17, 15) is 0 Å². The molecule has 0 fully saturated rings. The number of nitrogens with two attached hydrogens (primary N) is 1. The maximum atomic E-state index is 5.71. The normalized spacial score (nSPS) is 14.0. The molecule has 0 aliphatic rings. The summed E-state index contributed by atoms with van der Waals surface area (Å²) in [5.74, 6) is 1.00. The number of nitrogens with one attached hydrogen (secondary N) is 1. The molecule has 0 amide bonds. The highest BCUT2D eigenvalue weighted by Gasteiger charge is 2.12. The van der Waals surface area contributed by atoms with Crippen LogP contribution in [0.4, 0.5) is 0 Å². The standard InChI is InChI=1S/C5H11N5/c1-3(2)4(6)5-7-9-10-8-5/h3-4H,6H2,1-2H3,(H,7,8,9,10)/t4-/m1/s1. The molecule has 0 aliphatic heterocycles. The molecular formula is C5H11N5. The summed E-state index contributed by atoms with van der Waals surface area (Å²) in [7, 11) is 0. The van der Waals surface area contributed by atoms with Gasteiger partial charge in [-0.15, -0.1) is 5.10 Å². The maximum absolute atomic E-state index is 5.71. The Morgan fingerprint density at radius 3 is 2.60 bits per heavy atom. The van der Waals surface area contributed by atoms with E-state index >= 15 is 0 Å². The van der Waals surface area contributed by atoms with Crippen molar-refractivity contribution in [3.05, 3.63) is 5.82 Å². The van der Waals surface area contributed by atoms with Gasteiger partial charge in [0.1, 0.15) is 0 Å². The summed E-state index contributed by atoms with van der Waals surface area (Å²) in [4.78, 5) is 0. The van der Waals surface area contributed by atoms with Crippen LogP contribution in [-0.4, -0.2) is 20.6 Å². The fourth-order valence-corrected chi connectivity index (χ4v) is 0.623. The second kappa shape index (κ2) is 2.74. The Balaban J connectivity index is 2.68. The molecular weight excluding hydrogens is 130 g/mol. The summed E-state index contributed by atoms with van der Waals surface area (Å²) in [6.07, 6.45) is 0. The smallest absolute Gasteiger partial charge is 0.165 e. The molecule has 1 heterocycles. The van der Waals surface area contributed by atoms with Crippen LogP contribution < -0.4 is 5.73 Å². The average molecular weight is 141 g/mol. The third-order valence-corrected chi connectivity index (χ3v) is 1.40. The van der Waals surface area contributed by atoms with E-state index in [1.807, 2.05) is 13.8 Å². The second-order valence-corrected chi connectivity index (χ2v) is 2.56. The first-order valence-corrected chi connectivity index (χ1v) is 3.21. The first kappa shape index (κ1) is 7.14. The Morgan fingerprint density at radius 2 is 2.20 bits per heavy atom. The summed E-state index contributed by atoms with van der Waals surface area (Å²) in [6, 6.07) is -0.0880. The quantitative estimate of drug-likeness (QED) is 0.600. The first-order chi connectivity index (χ1) is 4.72. The van der Waals surface area contributed by atoms with Gasteiger partial charge < -0.3 is 5.73 Å². The van der Waals surface area contributed by atoms with Crippen LogP contribution >= 0.6 is 0 Å². The minimum atomic E-state index is -0.0880. The summed E-state index contributed by atoms with van der Waals surface area (Å²) in [5, 5.41) is 13.2. The summed E-state index contributed by atoms with van der Waals surface area (Å²) >= 11 is 0. The first-order valence-electron chi connectivity index (χ1n) is 3.21. The monoisotopic (exact) mass is 141 g/mol. The zero-order chi connectivity index (χ0) is 7.56. The van der Waals surface area contributed by atoms with Gasteiger partial charge in [0, 0.05) is 0 Å². The summed E-state index contributed by atoms with van der Waals surface area (Å²) < 4.78 is 0. The lowest BCUT2D eigenvalue weighted by Gasteiger charge is -2.09. The Hall–Kier alpha value is -0.970. The van der Waals surface area contributed by atoms with E-state index in [4.69, 9.17) is 5.73 Å². The minimum Gasteiger partial charge on any atom is -0.321 e. The van der Waals surface area contributed by atoms with Crippen molar-refractivity contribution in [1.29, 1.82) is 0 Å². The number of aromatic nitrogens is 4. The SMILES string of the molecule is CC(C)[C@@H](N)c1nnn[nH]1. The van der Waals surface area contributed by atoms with Crippen LogP contribution in [0.3, 0.4) is 0 Å². The second-order valence-electron chi connectivity index (χ2n) is 2.56. The number of hydrogen-bond acceptors (Lipinski definition) is 4. The van der Waals surface area contributed by atoms with Gasteiger partial charge >= 0.3 is 0 Å². The maximum Gasteiger partial charge on any atom is 0.165 e. The molecule has 0 bridgehead atoms. The van der Waals surface area contributed by atoms with E-state index in [0.29, 0.717) is 11.7 Å². The van der Waals surface area contributed by atoms with Crippen molar-refractivity contribution in [2.24, 2.45) is 11.7 Å². The molecule has 0 spiro atoms. The van der Waals surface area contributed by atoms with Crippen LogP contribution in [0.1, 0.15) is 25.7 Å². The van der Waals surface area contributed by atoms with Crippen molar-refractivity contribution in [1.82, 2.24) is 20.6 Å². The topological polar surface area (TPSA) is 80.5 Å². The van der Waals surface area contributed by atoms with Crippen LogP contribution in [0, 0.1) is 5.92 Å². The third kappa shape index (κ3) is 1.30. The highest BCUT2D eigenvalue weighted by Crippen LogP contribution is 2.12. The van der Waals surface area contributed by atoms with Crippen LogP contribution in [0.2, 0.25) is 0 Å². The van der Waals surface area contributed by atoms with E-state index in [1.165, 1.54) is 0 Å². The van der Waals surface area contributed by atoms with E-state index in [2.05, 4.69) is 20.6 Å². The van der Waals surface area contributed by atoms with Gasteiger partial charge in [-0.2, -0.15) is 0 Å². The van der Waals surface area contributed by atoms with Gasteiger partial charge in [-0.1, -0.05) is 13.8 Å². The molecule has 5 heteroatoms. The molecule has 3 N–H and O–H groups in total. The number of hydrogen-bond donors (Lipinski definition) is 2. The molecule has 10 heavy (non-hydrogen) atoms. The van der Waals surface area contributed by atoms with E-state index < -0.39 is 0 Å². The summed E-state index contributed by atoms with van der Waals surface area (Å²) in [5.41, 5.74) is 5.71. The van der Waals surface area contributed by atoms with E-state index in [0.717, 1.165) is 0 Å². The van der Waals surface area contributed by atoms with Crippen molar-refractivity contribution in [2.75, 3.05) is 0 Å². The van der Waals surface area contributed by atoms with Gasteiger partial charge in [-0.05, 0) is 16.3 Å². The van der Waals surface area contributed by atoms with Gasteiger partial charge in [0.15, 0.2) is 5.82 Å². The number of tetrazole rings is 1. The van der Waals surface area contributed by atoms with Crippen LogP contribution in [-0.2, 0) is 0 Å². The predicted octanol–water partition coefficient (Wildman–Crippen LogP) is -0.145. The van der Waals surface area contributed by atoms with Crippen molar-refractivity contribution in [3.63, 3.8) is 0 Å². The van der Waals surface area contributed by atoms with Crippen LogP contribution in [0.25, 0.3) is 0 Å². The highest BCUT2D eigenvalue weighted by atomic mass is 15.5. The Labute approximate surface area is 59.0 Å². The lowest BCUT2D eigenvalue weighted by atomic mass is 10.1. The van der Waals surface area contributed by atoms with Crippen LogP contribution in [0.15, 0.2) is 0 Å². The molecule has 1 aromatic rings. The van der Waals surface area contributed by atoms with Gasteiger partial charge in [-0.25, -0.2) is 5.10 Å². The Kier molecular flexibility index (Phi) is 1.96. The molecule has 0 aromatic carbocycles. The molecule has 5 nitrogen and oxygen atoms in total. The largest absolute Gasteiger partial charge is 0.321 e. The predicted molar refractivity (Wildman–Crippen MR) is 35.9 cm³/mol. The van der Waals surface area contributed by atoms with Crippen molar-refractivity contribution >= 4 is 0 Å². The van der Waals surface area contributed by atoms with Gasteiger partial charge in [0.05, 0.1) is 6.04 Å². The third-order valence-electron chi connectivity index (χ3n) is 1.40. The lowest BCUT2D eigenvalue weighted by Crippen LogP contribution is -2.18. The molecule has 1 aromatic heterocycles. The highest BCUT2D eigenvalue weighted by molar-refractivity contribution is 4.87. The van der Waals surface area contributed by atoms with Crippen LogP contribution in [0.5, 0.6) is 0 Å². The molecule has 0 saturated carbocycles. The van der Waals surface area contributed by atoms with Gasteiger partial charge in [0.2, 0.25) is 0 Å². The van der Waals surface area contributed by atoms with Crippen molar-refractivity contribution in [2.45, 2.75) is 19.9 Å².